The zero-order valence-electron chi connectivity index (χ0n) is 17.4. The number of carbonyl (C=O) groups is 3. The molecule has 1 atom stereocenters. The SMILES string of the molecule is CC(C)(C)OC(=O)N1C(=O)CC[C@@H]1C(=O)Nc1nc2ccc(-c3cccnc3)cn2n1. The molecule has 0 spiro atoms. The van der Waals surface area contributed by atoms with Gasteiger partial charge in [-0.05, 0) is 45.4 Å². The minimum atomic E-state index is -0.972. The maximum atomic E-state index is 12.8. The summed E-state index contributed by atoms with van der Waals surface area (Å²) in [4.78, 5) is 46.7. The summed E-state index contributed by atoms with van der Waals surface area (Å²) in [5.74, 6) is -0.907. The molecule has 10 nitrogen and oxygen atoms in total. The molecule has 3 aromatic heterocycles. The second-order valence-corrected chi connectivity index (χ2v) is 8.19. The molecular formula is C21H22N6O4. The number of nitrogens with zero attached hydrogens (tertiary/aromatic N) is 5. The Balaban J connectivity index is 1.52. The molecule has 1 aliphatic heterocycles. The summed E-state index contributed by atoms with van der Waals surface area (Å²) in [7, 11) is 0. The second kappa shape index (κ2) is 7.78. The molecule has 10 heteroatoms. The van der Waals surface area contributed by atoms with Crippen molar-refractivity contribution in [3.05, 3.63) is 42.9 Å². The summed E-state index contributed by atoms with van der Waals surface area (Å²) in [6.07, 6.45) is 4.68. The zero-order chi connectivity index (χ0) is 22.2. The fourth-order valence-electron chi connectivity index (χ4n) is 3.31. The van der Waals surface area contributed by atoms with Crippen molar-refractivity contribution in [3.63, 3.8) is 0 Å². The zero-order valence-corrected chi connectivity index (χ0v) is 17.4. The van der Waals surface area contributed by atoms with Crippen molar-refractivity contribution in [1.29, 1.82) is 0 Å². The van der Waals surface area contributed by atoms with Crippen molar-refractivity contribution < 1.29 is 19.1 Å². The van der Waals surface area contributed by atoms with E-state index in [9.17, 15) is 14.4 Å². The molecule has 160 valence electrons. The van der Waals surface area contributed by atoms with Crippen molar-refractivity contribution in [3.8, 4) is 11.1 Å². The molecule has 31 heavy (non-hydrogen) atoms. The number of aromatic nitrogens is 4. The van der Waals surface area contributed by atoms with E-state index in [-0.39, 0.29) is 18.8 Å². The smallest absolute Gasteiger partial charge is 0.417 e. The first-order chi connectivity index (χ1) is 14.7. The predicted octanol–water partition coefficient (Wildman–Crippen LogP) is 2.66. The molecule has 0 aliphatic carbocycles. The highest BCUT2D eigenvalue weighted by Gasteiger charge is 2.42. The number of hydrogen-bond donors (Lipinski definition) is 1. The van der Waals surface area contributed by atoms with E-state index in [2.05, 4.69) is 20.4 Å². The second-order valence-electron chi connectivity index (χ2n) is 8.19. The van der Waals surface area contributed by atoms with Crippen LogP contribution in [0, 0.1) is 0 Å². The Morgan fingerprint density at radius 1 is 1.19 bits per heavy atom. The third kappa shape index (κ3) is 4.37. The first kappa shape index (κ1) is 20.5. The monoisotopic (exact) mass is 422 g/mol. The van der Waals surface area contributed by atoms with Gasteiger partial charge in [0.25, 0.3) is 0 Å². The number of hydrogen-bond acceptors (Lipinski definition) is 7. The Morgan fingerprint density at radius 3 is 2.71 bits per heavy atom. The molecular weight excluding hydrogens is 400 g/mol. The molecule has 4 heterocycles. The van der Waals surface area contributed by atoms with Gasteiger partial charge in [-0.15, -0.1) is 5.10 Å². The highest BCUT2D eigenvalue weighted by molar-refractivity contribution is 6.04. The number of imide groups is 1. The van der Waals surface area contributed by atoms with Crippen molar-refractivity contribution in [2.75, 3.05) is 5.32 Å². The van der Waals surface area contributed by atoms with Crippen LogP contribution in [0.1, 0.15) is 33.6 Å². The van der Waals surface area contributed by atoms with Gasteiger partial charge in [0.15, 0.2) is 5.65 Å². The standard InChI is InChI=1S/C21H22N6O4/c1-21(2,3)31-20(30)27-15(7-9-17(27)28)18(29)24-19-23-16-8-6-14(12-26(16)25-19)13-5-4-10-22-11-13/h4-6,8,10-12,15H,7,9H2,1-3H3,(H,24,25,29)/t15-/m1/s1. The van der Waals surface area contributed by atoms with E-state index in [1.54, 1.807) is 49.9 Å². The Labute approximate surface area is 178 Å². The largest absolute Gasteiger partial charge is 0.443 e. The van der Waals surface area contributed by atoms with Gasteiger partial charge in [-0.1, -0.05) is 6.07 Å². The minimum Gasteiger partial charge on any atom is -0.443 e. The van der Waals surface area contributed by atoms with E-state index in [4.69, 9.17) is 4.74 Å². The fraction of sp³-hybridized carbons (Fsp3) is 0.333. The van der Waals surface area contributed by atoms with Crippen LogP contribution in [-0.4, -0.2) is 54.0 Å². The number of rotatable bonds is 3. The lowest BCUT2D eigenvalue weighted by atomic mass is 10.1. The number of anilines is 1. The molecule has 3 aromatic rings. The number of fused-ring (bicyclic) bond motifs is 1. The highest BCUT2D eigenvalue weighted by atomic mass is 16.6. The number of ether oxygens (including phenoxy) is 1. The van der Waals surface area contributed by atoms with Gasteiger partial charge in [0, 0.05) is 36.1 Å². The lowest BCUT2D eigenvalue weighted by molar-refractivity contribution is -0.132. The van der Waals surface area contributed by atoms with Gasteiger partial charge in [0.05, 0.1) is 0 Å². The molecule has 1 aliphatic rings. The Bertz CT molecular complexity index is 1150. The molecule has 0 unspecified atom stereocenters. The first-order valence-corrected chi connectivity index (χ1v) is 9.84. The third-order valence-corrected chi connectivity index (χ3v) is 4.67. The van der Waals surface area contributed by atoms with Crippen LogP contribution in [0.4, 0.5) is 10.7 Å². The van der Waals surface area contributed by atoms with Crippen LogP contribution >= 0.6 is 0 Å². The first-order valence-electron chi connectivity index (χ1n) is 9.84. The number of carbonyl (C=O) groups excluding carboxylic acids is 3. The quantitative estimate of drug-likeness (QED) is 0.689. The molecule has 0 aromatic carbocycles. The molecule has 0 radical (unpaired) electrons. The lowest BCUT2D eigenvalue weighted by Crippen LogP contribution is -2.47. The van der Waals surface area contributed by atoms with Gasteiger partial charge in [-0.3, -0.25) is 19.9 Å². The summed E-state index contributed by atoms with van der Waals surface area (Å²) in [5.41, 5.74) is 1.56. The molecule has 1 fully saturated rings. The molecule has 1 N–H and O–H groups in total. The summed E-state index contributed by atoms with van der Waals surface area (Å²) in [5, 5.41) is 6.90. The summed E-state index contributed by atoms with van der Waals surface area (Å²) in [6, 6.07) is 6.45. The van der Waals surface area contributed by atoms with E-state index in [0.29, 0.717) is 5.65 Å². The number of likely N-dealkylation sites (tertiary alicyclic amines) is 1. The van der Waals surface area contributed by atoms with Crippen LogP contribution < -0.4 is 5.32 Å². The van der Waals surface area contributed by atoms with Gasteiger partial charge in [0.2, 0.25) is 17.8 Å². The third-order valence-electron chi connectivity index (χ3n) is 4.67. The van der Waals surface area contributed by atoms with Gasteiger partial charge < -0.3 is 4.74 Å². The van der Waals surface area contributed by atoms with E-state index < -0.39 is 29.6 Å². The van der Waals surface area contributed by atoms with Crippen LogP contribution in [0.5, 0.6) is 0 Å². The van der Waals surface area contributed by atoms with Crippen LogP contribution in [0.2, 0.25) is 0 Å². The summed E-state index contributed by atoms with van der Waals surface area (Å²) >= 11 is 0. The van der Waals surface area contributed by atoms with Crippen LogP contribution in [0.15, 0.2) is 42.9 Å². The van der Waals surface area contributed by atoms with Gasteiger partial charge in [0.1, 0.15) is 11.6 Å². The average molecular weight is 422 g/mol. The molecule has 4 rings (SSSR count). The number of amides is 3. The van der Waals surface area contributed by atoms with Crippen molar-refractivity contribution in [2.24, 2.45) is 0 Å². The molecule has 0 bridgehead atoms. The van der Waals surface area contributed by atoms with Crippen molar-refractivity contribution in [1.82, 2.24) is 24.5 Å². The maximum absolute atomic E-state index is 12.8. The van der Waals surface area contributed by atoms with E-state index in [0.717, 1.165) is 16.0 Å². The van der Waals surface area contributed by atoms with Crippen molar-refractivity contribution in [2.45, 2.75) is 45.3 Å². The van der Waals surface area contributed by atoms with Crippen LogP contribution in [0.25, 0.3) is 16.8 Å². The van der Waals surface area contributed by atoms with Crippen LogP contribution in [0.3, 0.4) is 0 Å². The number of pyridine rings is 2. The Hall–Kier alpha value is -3.82. The van der Waals surface area contributed by atoms with Gasteiger partial charge in [-0.25, -0.2) is 14.2 Å². The Morgan fingerprint density at radius 2 is 2.00 bits per heavy atom. The van der Waals surface area contributed by atoms with Crippen LogP contribution in [-0.2, 0) is 14.3 Å². The van der Waals surface area contributed by atoms with E-state index in [1.807, 2.05) is 18.2 Å². The van der Waals surface area contributed by atoms with Crippen molar-refractivity contribution >= 4 is 29.5 Å². The average Bonchev–Trinajstić information content (AvgIpc) is 3.29. The lowest BCUT2D eigenvalue weighted by Gasteiger charge is -2.26. The molecule has 3 amide bonds. The topological polar surface area (TPSA) is 119 Å². The van der Waals surface area contributed by atoms with Gasteiger partial charge >= 0.3 is 6.09 Å². The number of nitrogens with one attached hydrogen (secondary N) is 1. The highest BCUT2D eigenvalue weighted by Crippen LogP contribution is 2.24. The minimum absolute atomic E-state index is 0.0804. The Kier molecular flexibility index (Phi) is 5.14. The fourth-order valence-corrected chi connectivity index (χ4v) is 3.31. The van der Waals surface area contributed by atoms with E-state index in [1.165, 1.54) is 0 Å². The summed E-state index contributed by atoms with van der Waals surface area (Å²) in [6.45, 7) is 5.09. The molecule has 0 saturated carbocycles. The van der Waals surface area contributed by atoms with Gasteiger partial charge in [-0.2, -0.15) is 4.98 Å². The molecule has 1 saturated heterocycles. The summed E-state index contributed by atoms with van der Waals surface area (Å²) < 4.78 is 6.82. The predicted molar refractivity (Wildman–Crippen MR) is 111 cm³/mol. The van der Waals surface area contributed by atoms with E-state index >= 15 is 0 Å². The normalized spacial score (nSPS) is 16.5. The maximum Gasteiger partial charge on any atom is 0.417 e.